The van der Waals surface area contributed by atoms with E-state index in [-0.39, 0.29) is 12.0 Å². The second-order valence-electron chi connectivity index (χ2n) is 4.98. The van der Waals surface area contributed by atoms with Gasteiger partial charge in [-0.05, 0) is 31.6 Å². The van der Waals surface area contributed by atoms with E-state index in [1.54, 1.807) is 6.26 Å². The highest BCUT2D eigenvalue weighted by molar-refractivity contribution is 7.80. The summed E-state index contributed by atoms with van der Waals surface area (Å²) >= 11 is 4.19. The summed E-state index contributed by atoms with van der Waals surface area (Å²) in [6.07, 6.45) is 8.65. The van der Waals surface area contributed by atoms with Crippen molar-refractivity contribution in [3.8, 4) is 0 Å². The quantitative estimate of drug-likeness (QED) is 0.756. The van der Waals surface area contributed by atoms with Crippen LogP contribution in [-0.4, -0.2) is 24.3 Å². The fourth-order valence-electron chi connectivity index (χ4n) is 2.49. The van der Waals surface area contributed by atoms with Crippen LogP contribution in [0.2, 0.25) is 0 Å². The molecule has 17 heavy (non-hydrogen) atoms. The number of carbonyl (C=O) groups is 1. The van der Waals surface area contributed by atoms with Crippen LogP contribution in [0, 0.1) is 5.92 Å². The van der Waals surface area contributed by atoms with Gasteiger partial charge in [-0.1, -0.05) is 12.8 Å². The first-order chi connectivity index (χ1) is 8.29. The highest BCUT2D eigenvalue weighted by Crippen LogP contribution is 2.24. The van der Waals surface area contributed by atoms with Gasteiger partial charge in [-0.15, -0.1) is 0 Å². The topological polar surface area (TPSA) is 38.3 Å². The first-order valence-corrected chi connectivity index (χ1v) is 7.16. The zero-order valence-corrected chi connectivity index (χ0v) is 11.0. The third-order valence-corrected chi connectivity index (χ3v) is 4.07. The molecule has 0 aromatic heterocycles. The summed E-state index contributed by atoms with van der Waals surface area (Å²) < 4.78 is 5.43. The van der Waals surface area contributed by atoms with Gasteiger partial charge in [0.05, 0.1) is 11.8 Å². The molecular weight excluding hydrogens is 234 g/mol. The molecule has 1 aliphatic heterocycles. The fraction of sp³-hybridized carbons (Fsp3) is 0.769. The number of hydrogen-bond acceptors (Lipinski definition) is 3. The van der Waals surface area contributed by atoms with Gasteiger partial charge in [0, 0.05) is 12.3 Å². The second kappa shape index (κ2) is 6.34. The Morgan fingerprint density at radius 2 is 2.18 bits per heavy atom. The minimum Gasteiger partial charge on any atom is -0.497 e. The maximum absolute atomic E-state index is 11.9. The predicted octanol–water partition coefficient (Wildman–Crippen LogP) is 2.29. The van der Waals surface area contributed by atoms with Crippen molar-refractivity contribution in [2.75, 3.05) is 12.3 Å². The Labute approximate surface area is 108 Å². The van der Waals surface area contributed by atoms with E-state index in [9.17, 15) is 4.79 Å². The Balaban J connectivity index is 1.74. The standard InChI is InChI=1S/C13H21NO2S/c15-13(14-7-10-3-1-2-4-10)11-5-6-12(9-17)16-8-11/h8,10,12,17H,1-7,9H2,(H,14,15). The molecule has 0 saturated heterocycles. The lowest BCUT2D eigenvalue weighted by molar-refractivity contribution is -0.118. The molecule has 1 fully saturated rings. The third kappa shape index (κ3) is 3.66. The van der Waals surface area contributed by atoms with Gasteiger partial charge in [-0.3, -0.25) is 4.79 Å². The van der Waals surface area contributed by atoms with E-state index in [2.05, 4.69) is 17.9 Å². The van der Waals surface area contributed by atoms with Gasteiger partial charge in [0.1, 0.15) is 6.10 Å². The average molecular weight is 255 g/mol. The third-order valence-electron chi connectivity index (χ3n) is 3.66. The normalized spacial score (nSPS) is 25.2. The molecule has 1 N–H and O–H groups in total. The van der Waals surface area contributed by atoms with Crippen molar-refractivity contribution in [1.82, 2.24) is 5.32 Å². The Bertz CT molecular complexity index is 298. The van der Waals surface area contributed by atoms with Crippen molar-refractivity contribution < 1.29 is 9.53 Å². The highest BCUT2D eigenvalue weighted by Gasteiger charge is 2.20. The van der Waals surface area contributed by atoms with E-state index in [0.29, 0.717) is 11.7 Å². The molecule has 96 valence electrons. The molecule has 2 rings (SSSR count). The lowest BCUT2D eigenvalue weighted by Gasteiger charge is -2.21. The summed E-state index contributed by atoms with van der Waals surface area (Å²) in [5, 5.41) is 3.02. The van der Waals surface area contributed by atoms with Crippen LogP contribution in [0.5, 0.6) is 0 Å². The first kappa shape index (κ1) is 12.8. The highest BCUT2D eigenvalue weighted by atomic mass is 32.1. The monoisotopic (exact) mass is 255 g/mol. The van der Waals surface area contributed by atoms with Crippen molar-refractivity contribution in [2.24, 2.45) is 5.92 Å². The second-order valence-corrected chi connectivity index (χ2v) is 5.35. The van der Waals surface area contributed by atoms with Crippen molar-refractivity contribution in [2.45, 2.75) is 44.6 Å². The number of ether oxygens (including phenoxy) is 1. The summed E-state index contributed by atoms with van der Waals surface area (Å²) in [6, 6.07) is 0. The average Bonchev–Trinajstić information content (AvgIpc) is 2.89. The summed E-state index contributed by atoms with van der Waals surface area (Å²) in [6.45, 7) is 0.826. The predicted molar refractivity (Wildman–Crippen MR) is 71.0 cm³/mol. The summed E-state index contributed by atoms with van der Waals surface area (Å²) in [5.74, 6) is 1.46. The van der Waals surface area contributed by atoms with E-state index >= 15 is 0 Å². The molecule has 2 aliphatic rings. The van der Waals surface area contributed by atoms with Gasteiger partial charge in [0.2, 0.25) is 5.91 Å². The van der Waals surface area contributed by atoms with Crippen LogP contribution < -0.4 is 5.32 Å². The van der Waals surface area contributed by atoms with E-state index in [1.807, 2.05) is 0 Å². The van der Waals surface area contributed by atoms with Crippen LogP contribution in [0.3, 0.4) is 0 Å². The number of thiol groups is 1. The van der Waals surface area contributed by atoms with E-state index in [4.69, 9.17) is 4.74 Å². The zero-order chi connectivity index (χ0) is 12.1. The summed E-state index contributed by atoms with van der Waals surface area (Å²) in [4.78, 5) is 11.9. The molecule has 3 nitrogen and oxygen atoms in total. The van der Waals surface area contributed by atoms with Gasteiger partial charge in [0.15, 0.2) is 0 Å². The molecule has 1 aliphatic carbocycles. The molecule has 0 aromatic carbocycles. The molecule has 1 atom stereocenters. The number of rotatable bonds is 4. The maximum atomic E-state index is 11.9. The number of nitrogens with one attached hydrogen (secondary N) is 1. The fourth-order valence-corrected chi connectivity index (χ4v) is 2.76. The van der Waals surface area contributed by atoms with Gasteiger partial charge in [-0.25, -0.2) is 0 Å². The lowest BCUT2D eigenvalue weighted by atomic mass is 10.0. The molecule has 0 radical (unpaired) electrons. The molecule has 0 aromatic rings. The lowest BCUT2D eigenvalue weighted by Crippen LogP contribution is -2.31. The van der Waals surface area contributed by atoms with Crippen LogP contribution in [0.25, 0.3) is 0 Å². The van der Waals surface area contributed by atoms with Gasteiger partial charge in [0.25, 0.3) is 0 Å². The van der Waals surface area contributed by atoms with Crippen molar-refractivity contribution >= 4 is 18.5 Å². The van der Waals surface area contributed by atoms with Gasteiger partial charge >= 0.3 is 0 Å². The summed E-state index contributed by atoms with van der Waals surface area (Å²) in [7, 11) is 0. The van der Waals surface area contributed by atoms with Crippen LogP contribution in [0.1, 0.15) is 38.5 Å². The Morgan fingerprint density at radius 3 is 2.76 bits per heavy atom. The van der Waals surface area contributed by atoms with Crippen LogP contribution in [0.4, 0.5) is 0 Å². The molecule has 1 amide bonds. The largest absolute Gasteiger partial charge is 0.497 e. The minimum absolute atomic E-state index is 0.0505. The Kier molecular flexibility index (Phi) is 4.77. The van der Waals surface area contributed by atoms with Crippen LogP contribution in [0.15, 0.2) is 11.8 Å². The molecule has 0 spiro atoms. The molecule has 0 bridgehead atoms. The van der Waals surface area contributed by atoms with Crippen molar-refractivity contribution in [1.29, 1.82) is 0 Å². The Morgan fingerprint density at radius 1 is 1.41 bits per heavy atom. The maximum Gasteiger partial charge on any atom is 0.250 e. The SMILES string of the molecule is O=C(NCC1CCCC1)C1=COC(CS)CC1. The van der Waals surface area contributed by atoms with E-state index in [1.165, 1.54) is 25.7 Å². The molecule has 1 unspecified atom stereocenters. The number of amides is 1. The zero-order valence-electron chi connectivity index (χ0n) is 10.2. The summed E-state index contributed by atoms with van der Waals surface area (Å²) in [5.41, 5.74) is 0.779. The van der Waals surface area contributed by atoms with Crippen molar-refractivity contribution in [3.63, 3.8) is 0 Å². The van der Waals surface area contributed by atoms with Crippen LogP contribution in [-0.2, 0) is 9.53 Å². The number of hydrogen-bond donors (Lipinski definition) is 2. The van der Waals surface area contributed by atoms with E-state index in [0.717, 1.165) is 25.0 Å². The minimum atomic E-state index is 0.0505. The van der Waals surface area contributed by atoms with Gasteiger partial charge in [-0.2, -0.15) is 12.6 Å². The molecule has 1 heterocycles. The van der Waals surface area contributed by atoms with Crippen LogP contribution >= 0.6 is 12.6 Å². The molecule has 4 heteroatoms. The van der Waals surface area contributed by atoms with E-state index < -0.39 is 0 Å². The Hall–Kier alpha value is -0.640. The smallest absolute Gasteiger partial charge is 0.250 e. The molecule has 1 saturated carbocycles. The number of carbonyl (C=O) groups excluding carboxylic acids is 1. The molecular formula is C13H21NO2S. The van der Waals surface area contributed by atoms with Crippen molar-refractivity contribution in [3.05, 3.63) is 11.8 Å². The first-order valence-electron chi connectivity index (χ1n) is 6.53. The van der Waals surface area contributed by atoms with Gasteiger partial charge < -0.3 is 10.1 Å².